The van der Waals surface area contributed by atoms with Gasteiger partial charge in [-0.25, -0.2) is 10.4 Å². The molecule has 1 fully saturated rings. The van der Waals surface area contributed by atoms with Gasteiger partial charge in [-0.15, -0.1) is 0 Å². The fourth-order valence-corrected chi connectivity index (χ4v) is 2.53. The van der Waals surface area contributed by atoms with Gasteiger partial charge in [0, 0.05) is 29.6 Å². The molecule has 1 heterocycles. The summed E-state index contributed by atoms with van der Waals surface area (Å²) in [6, 6.07) is 8.42. The molecular weight excluding hydrogens is 306 g/mol. The number of nitrogens with zero attached hydrogens (tertiary/aromatic N) is 1. The van der Waals surface area contributed by atoms with Crippen LogP contribution in [0.3, 0.4) is 0 Å². The second-order valence-electron chi connectivity index (χ2n) is 5.28. The van der Waals surface area contributed by atoms with Crippen molar-refractivity contribution in [3.05, 3.63) is 34.3 Å². The summed E-state index contributed by atoms with van der Waals surface area (Å²) < 4.78 is 6.46. The molecule has 0 bridgehead atoms. The number of benzene rings is 1. The van der Waals surface area contributed by atoms with E-state index in [4.69, 9.17) is 10.5 Å². The molecule has 0 saturated carbocycles. The lowest BCUT2D eigenvalue weighted by molar-refractivity contribution is -0.00882. The fourth-order valence-electron chi connectivity index (χ4n) is 2.27. The number of hydrazine groups is 1. The molecule has 0 spiro atoms. The zero-order valence-electron chi connectivity index (χ0n) is 11.4. The van der Waals surface area contributed by atoms with Crippen LogP contribution in [0.2, 0.25) is 0 Å². The SMILES string of the molecule is CC(CN)(Cc1ccc(Br)cc1)NN1CCOCC1. The van der Waals surface area contributed by atoms with Crippen molar-refractivity contribution in [3.63, 3.8) is 0 Å². The molecule has 4 nitrogen and oxygen atoms in total. The lowest BCUT2D eigenvalue weighted by atomic mass is 9.93. The average molecular weight is 328 g/mol. The molecule has 19 heavy (non-hydrogen) atoms. The van der Waals surface area contributed by atoms with Gasteiger partial charge >= 0.3 is 0 Å². The third kappa shape index (κ3) is 4.54. The summed E-state index contributed by atoms with van der Waals surface area (Å²) in [6.45, 7) is 6.16. The van der Waals surface area contributed by atoms with Gasteiger partial charge in [-0.1, -0.05) is 28.1 Å². The molecule has 1 aromatic carbocycles. The zero-order valence-corrected chi connectivity index (χ0v) is 12.9. The quantitative estimate of drug-likeness (QED) is 0.861. The monoisotopic (exact) mass is 327 g/mol. The predicted molar refractivity (Wildman–Crippen MR) is 80.8 cm³/mol. The molecule has 1 atom stereocenters. The first-order valence-corrected chi connectivity index (χ1v) is 7.46. The summed E-state index contributed by atoms with van der Waals surface area (Å²) in [5.41, 5.74) is 10.7. The molecule has 1 saturated heterocycles. The minimum Gasteiger partial charge on any atom is -0.379 e. The summed E-state index contributed by atoms with van der Waals surface area (Å²) >= 11 is 3.46. The predicted octanol–water partition coefficient (Wildman–Crippen LogP) is 1.55. The first kappa shape index (κ1) is 14.9. The van der Waals surface area contributed by atoms with E-state index in [2.05, 4.69) is 57.6 Å². The van der Waals surface area contributed by atoms with Crippen LogP contribution in [0, 0.1) is 0 Å². The maximum Gasteiger partial charge on any atom is 0.0608 e. The van der Waals surface area contributed by atoms with Gasteiger partial charge in [0.1, 0.15) is 0 Å². The highest BCUT2D eigenvalue weighted by atomic mass is 79.9. The van der Waals surface area contributed by atoms with Crippen molar-refractivity contribution in [2.75, 3.05) is 32.8 Å². The number of nitrogens with one attached hydrogen (secondary N) is 1. The lowest BCUT2D eigenvalue weighted by Gasteiger charge is -2.38. The van der Waals surface area contributed by atoms with Crippen LogP contribution in [-0.2, 0) is 11.2 Å². The van der Waals surface area contributed by atoms with Crippen LogP contribution in [-0.4, -0.2) is 43.4 Å². The molecule has 0 aromatic heterocycles. The highest BCUT2D eigenvalue weighted by Gasteiger charge is 2.26. The first-order valence-electron chi connectivity index (χ1n) is 6.66. The van der Waals surface area contributed by atoms with Crippen LogP contribution in [0.5, 0.6) is 0 Å². The van der Waals surface area contributed by atoms with Gasteiger partial charge in [0.2, 0.25) is 0 Å². The Labute approximate surface area is 123 Å². The topological polar surface area (TPSA) is 50.5 Å². The molecule has 1 aromatic rings. The molecule has 1 aliphatic rings. The van der Waals surface area contributed by atoms with E-state index in [9.17, 15) is 0 Å². The second-order valence-corrected chi connectivity index (χ2v) is 6.19. The molecule has 1 aliphatic heterocycles. The molecule has 106 valence electrons. The summed E-state index contributed by atoms with van der Waals surface area (Å²) in [4.78, 5) is 0. The summed E-state index contributed by atoms with van der Waals surface area (Å²) in [6.07, 6.45) is 0.911. The maximum absolute atomic E-state index is 5.97. The van der Waals surface area contributed by atoms with Crippen molar-refractivity contribution < 1.29 is 4.74 Å². The van der Waals surface area contributed by atoms with E-state index < -0.39 is 0 Å². The Kier molecular flexibility index (Phi) is 5.36. The molecular formula is C14H22BrN3O. The molecule has 3 N–H and O–H groups in total. The number of rotatable bonds is 5. The van der Waals surface area contributed by atoms with E-state index in [1.54, 1.807) is 0 Å². The van der Waals surface area contributed by atoms with Crippen molar-refractivity contribution in [1.82, 2.24) is 10.4 Å². The van der Waals surface area contributed by atoms with Gasteiger partial charge in [0.15, 0.2) is 0 Å². The molecule has 0 amide bonds. The number of morpholine rings is 1. The Hall–Kier alpha value is -0.460. The smallest absolute Gasteiger partial charge is 0.0608 e. The van der Waals surface area contributed by atoms with Gasteiger partial charge in [0.25, 0.3) is 0 Å². The van der Waals surface area contributed by atoms with Gasteiger partial charge in [0.05, 0.1) is 13.2 Å². The van der Waals surface area contributed by atoms with Crippen LogP contribution in [0.25, 0.3) is 0 Å². The van der Waals surface area contributed by atoms with Crippen LogP contribution in [0.1, 0.15) is 12.5 Å². The van der Waals surface area contributed by atoms with E-state index in [0.29, 0.717) is 6.54 Å². The van der Waals surface area contributed by atoms with E-state index in [1.165, 1.54) is 5.56 Å². The minimum absolute atomic E-state index is 0.120. The summed E-state index contributed by atoms with van der Waals surface area (Å²) in [7, 11) is 0. The number of nitrogens with two attached hydrogens (primary N) is 1. The Morgan fingerprint density at radius 1 is 1.32 bits per heavy atom. The maximum atomic E-state index is 5.97. The second kappa shape index (κ2) is 6.81. The lowest BCUT2D eigenvalue weighted by Crippen LogP contribution is -2.60. The van der Waals surface area contributed by atoms with Crippen LogP contribution in [0.15, 0.2) is 28.7 Å². The van der Waals surface area contributed by atoms with Crippen molar-refractivity contribution in [3.8, 4) is 0 Å². The molecule has 0 radical (unpaired) electrons. The summed E-state index contributed by atoms with van der Waals surface area (Å²) in [5.74, 6) is 0. The van der Waals surface area contributed by atoms with Gasteiger partial charge in [-0.2, -0.15) is 0 Å². The zero-order chi connectivity index (χ0) is 13.7. The van der Waals surface area contributed by atoms with E-state index in [0.717, 1.165) is 37.2 Å². The third-order valence-electron chi connectivity index (χ3n) is 3.40. The van der Waals surface area contributed by atoms with E-state index >= 15 is 0 Å². The van der Waals surface area contributed by atoms with Gasteiger partial charge < -0.3 is 10.5 Å². The standard InChI is InChI=1S/C14H22BrN3O/c1-14(11-16,17-18-6-8-19-9-7-18)10-12-2-4-13(15)5-3-12/h2-5,17H,6-11,16H2,1H3. The number of halogens is 1. The van der Waals surface area contributed by atoms with Crippen LogP contribution >= 0.6 is 15.9 Å². The molecule has 5 heteroatoms. The first-order chi connectivity index (χ1) is 9.11. The van der Waals surface area contributed by atoms with E-state index in [-0.39, 0.29) is 5.54 Å². The average Bonchev–Trinajstić information content (AvgIpc) is 2.42. The normalized spacial score (nSPS) is 20.2. The fraction of sp³-hybridized carbons (Fsp3) is 0.571. The van der Waals surface area contributed by atoms with Crippen molar-refractivity contribution >= 4 is 15.9 Å². The number of ether oxygens (including phenoxy) is 1. The highest BCUT2D eigenvalue weighted by molar-refractivity contribution is 9.10. The van der Waals surface area contributed by atoms with Crippen LogP contribution < -0.4 is 11.2 Å². The Morgan fingerprint density at radius 3 is 2.53 bits per heavy atom. The van der Waals surface area contributed by atoms with Crippen LogP contribution in [0.4, 0.5) is 0 Å². The Balaban J connectivity index is 1.98. The van der Waals surface area contributed by atoms with Gasteiger partial charge in [-0.3, -0.25) is 0 Å². The molecule has 2 rings (SSSR count). The van der Waals surface area contributed by atoms with Gasteiger partial charge in [-0.05, 0) is 31.0 Å². The number of hydrogen-bond acceptors (Lipinski definition) is 4. The van der Waals surface area contributed by atoms with Crippen molar-refractivity contribution in [1.29, 1.82) is 0 Å². The summed E-state index contributed by atoms with van der Waals surface area (Å²) in [5, 5.41) is 2.22. The van der Waals surface area contributed by atoms with Crippen molar-refractivity contribution in [2.45, 2.75) is 18.9 Å². The van der Waals surface area contributed by atoms with Crippen molar-refractivity contribution in [2.24, 2.45) is 5.73 Å². The number of hydrogen-bond donors (Lipinski definition) is 2. The third-order valence-corrected chi connectivity index (χ3v) is 3.93. The molecule has 0 aliphatic carbocycles. The Morgan fingerprint density at radius 2 is 1.95 bits per heavy atom. The minimum atomic E-state index is -0.120. The highest BCUT2D eigenvalue weighted by Crippen LogP contribution is 2.16. The van der Waals surface area contributed by atoms with E-state index in [1.807, 2.05) is 0 Å². The molecule has 1 unspecified atom stereocenters. The largest absolute Gasteiger partial charge is 0.379 e. The Bertz CT molecular complexity index is 392.